The fourth-order valence-electron chi connectivity index (χ4n) is 3.87. The Hall–Kier alpha value is -2.65. The minimum atomic E-state index is -2.85. The summed E-state index contributed by atoms with van der Waals surface area (Å²) in [5, 5.41) is 3.97. The van der Waals surface area contributed by atoms with Crippen LogP contribution in [0.15, 0.2) is 30.5 Å². The van der Waals surface area contributed by atoms with E-state index in [9.17, 15) is 13.2 Å². The van der Waals surface area contributed by atoms with Gasteiger partial charge in [0, 0.05) is 38.1 Å². The predicted molar refractivity (Wildman–Crippen MR) is 120 cm³/mol. The Morgan fingerprint density at radius 3 is 2.66 bits per heavy atom. The Balaban J connectivity index is 1.52. The van der Waals surface area contributed by atoms with Gasteiger partial charge in [-0.05, 0) is 36.2 Å². The number of nitrogens with one attached hydrogen (secondary N) is 1. The van der Waals surface area contributed by atoms with Crippen LogP contribution in [0.4, 0.5) is 24.8 Å². The van der Waals surface area contributed by atoms with Gasteiger partial charge in [0.2, 0.25) is 5.28 Å². The number of rotatable bonds is 7. The zero-order chi connectivity index (χ0) is 22.7. The lowest BCUT2D eigenvalue weighted by Crippen LogP contribution is -2.46. The number of hydrogen-bond acceptors (Lipinski definition) is 6. The lowest BCUT2D eigenvalue weighted by atomic mass is 10.1. The number of halogens is 4. The standard InChI is InChI=1S/C22H24ClF3N6/c1-2-31-8-10-32(11-9-31)18-12-16-17(13-28-18)29-22(23)30-21(16)27-7-6-14-4-3-5-15(19(14)24)20(25)26/h3-5,12-13,20H,2,6-11H2,1H3,(H,27,29,30). The molecule has 0 aliphatic carbocycles. The maximum absolute atomic E-state index is 14.3. The molecule has 0 atom stereocenters. The van der Waals surface area contributed by atoms with E-state index in [2.05, 4.69) is 37.0 Å². The van der Waals surface area contributed by atoms with Crippen LogP contribution in [0.1, 0.15) is 24.5 Å². The van der Waals surface area contributed by atoms with E-state index in [1.807, 2.05) is 6.07 Å². The number of piperazine rings is 1. The number of nitrogens with zero attached hydrogens (tertiary/aromatic N) is 5. The minimum Gasteiger partial charge on any atom is -0.369 e. The van der Waals surface area contributed by atoms with Crippen LogP contribution in [0.5, 0.6) is 0 Å². The van der Waals surface area contributed by atoms with Crippen molar-refractivity contribution in [2.45, 2.75) is 19.8 Å². The second kappa shape index (κ2) is 9.87. The van der Waals surface area contributed by atoms with Crippen molar-refractivity contribution in [1.29, 1.82) is 0 Å². The van der Waals surface area contributed by atoms with E-state index in [4.69, 9.17) is 11.6 Å². The molecule has 1 saturated heterocycles. The molecule has 10 heteroatoms. The molecule has 2 aromatic heterocycles. The van der Waals surface area contributed by atoms with E-state index in [1.54, 1.807) is 6.20 Å². The van der Waals surface area contributed by atoms with E-state index >= 15 is 0 Å². The number of benzene rings is 1. The van der Waals surface area contributed by atoms with Gasteiger partial charge in [0.25, 0.3) is 6.43 Å². The Morgan fingerprint density at radius 2 is 1.94 bits per heavy atom. The van der Waals surface area contributed by atoms with Crippen LogP contribution in [-0.4, -0.2) is 59.1 Å². The van der Waals surface area contributed by atoms with E-state index in [0.717, 1.165) is 50.0 Å². The SMILES string of the molecule is CCN1CCN(c2cc3c(NCCc4cccc(C(F)F)c4F)nc(Cl)nc3cn2)CC1. The number of fused-ring (bicyclic) bond motifs is 1. The predicted octanol–water partition coefficient (Wildman–Crippen LogP) is 4.55. The smallest absolute Gasteiger partial charge is 0.266 e. The second-order valence-electron chi connectivity index (χ2n) is 7.62. The molecule has 6 nitrogen and oxygen atoms in total. The fraction of sp³-hybridized carbons (Fsp3) is 0.409. The number of aromatic nitrogens is 3. The van der Waals surface area contributed by atoms with Gasteiger partial charge in [-0.15, -0.1) is 0 Å². The third-order valence-corrected chi connectivity index (χ3v) is 5.88. The van der Waals surface area contributed by atoms with Crippen molar-refractivity contribution >= 4 is 34.1 Å². The maximum atomic E-state index is 14.3. The molecule has 3 aromatic rings. The highest BCUT2D eigenvalue weighted by molar-refractivity contribution is 6.28. The molecule has 4 rings (SSSR count). The second-order valence-corrected chi connectivity index (χ2v) is 7.96. The molecule has 32 heavy (non-hydrogen) atoms. The van der Waals surface area contributed by atoms with Crippen molar-refractivity contribution in [3.63, 3.8) is 0 Å². The molecular formula is C22H24ClF3N6. The molecule has 0 spiro atoms. The molecule has 170 valence electrons. The van der Waals surface area contributed by atoms with Crippen molar-refractivity contribution in [3.05, 3.63) is 52.7 Å². The van der Waals surface area contributed by atoms with E-state index < -0.39 is 17.8 Å². The highest BCUT2D eigenvalue weighted by atomic mass is 35.5. The van der Waals surface area contributed by atoms with Crippen molar-refractivity contribution in [1.82, 2.24) is 19.9 Å². The van der Waals surface area contributed by atoms with Crippen molar-refractivity contribution < 1.29 is 13.2 Å². The molecule has 1 aliphatic rings. The summed E-state index contributed by atoms with van der Waals surface area (Å²) in [4.78, 5) is 17.7. The molecule has 0 saturated carbocycles. The van der Waals surface area contributed by atoms with E-state index in [1.165, 1.54) is 12.1 Å². The van der Waals surface area contributed by atoms with Gasteiger partial charge in [0.1, 0.15) is 17.5 Å². The Morgan fingerprint density at radius 1 is 1.16 bits per heavy atom. The third-order valence-electron chi connectivity index (χ3n) is 5.71. The number of anilines is 2. The topological polar surface area (TPSA) is 57.2 Å². The number of likely N-dealkylation sites (N-methyl/N-ethyl adjacent to an activating group) is 1. The van der Waals surface area contributed by atoms with Gasteiger partial charge in [0.15, 0.2) is 0 Å². The summed E-state index contributed by atoms with van der Waals surface area (Å²) < 4.78 is 40.2. The zero-order valence-corrected chi connectivity index (χ0v) is 18.4. The summed E-state index contributed by atoms with van der Waals surface area (Å²) in [6.07, 6.45) is -0.967. The van der Waals surface area contributed by atoms with Crippen LogP contribution in [-0.2, 0) is 6.42 Å². The van der Waals surface area contributed by atoms with E-state index in [0.29, 0.717) is 17.9 Å². The quantitative estimate of drug-likeness (QED) is 0.518. The van der Waals surface area contributed by atoms with Crippen LogP contribution in [0.2, 0.25) is 5.28 Å². The van der Waals surface area contributed by atoms with Crippen molar-refractivity contribution in [2.24, 2.45) is 0 Å². The molecule has 3 heterocycles. The van der Waals surface area contributed by atoms with Gasteiger partial charge in [-0.25, -0.2) is 28.1 Å². The Labute approximate surface area is 189 Å². The van der Waals surface area contributed by atoms with Gasteiger partial charge in [0.05, 0.1) is 17.3 Å². The van der Waals surface area contributed by atoms with Crippen LogP contribution in [0.25, 0.3) is 10.9 Å². The number of hydrogen-bond donors (Lipinski definition) is 1. The average Bonchev–Trinajstić information content (AvgIpc) is 2.79. The Kier molecular flexibility index (Phi) is 6.95. The summed E-state index contributed by atoms with van der Waals surface area (Å²) >= 11 is 6.07. The minimum absolute atomic E-state index is 0.0667. The molecule has 1 N–H and O–H groups in total. The fourth-order valence-corrected chi connectivity index (χ4v) is 4.05. The molecule has 0 radical (unpaired) electrons. The molecule has 1 fully saturated rings. The van der Waals surface area contributed by atoms with Crippen LogP contribution in [0.3, 0.4) is 0 Å². The molecular weight excluding hydrogens is 441 g/mol. The molecule has 1 aliphatic heterocycles. The molecule has 0 unspecified atom stereocenters. The van der Waals surface area contributed by atoms with Crippen molar-refractivity contribution in [3.8, 4) is 0 Å². The first-order valence-corrected chi connectivity index (χ1v) is 10.9. The monoisotopic (exact) mass is 464 g/mol. The Bertz CT molecular complexity index is 1090. The van der Waals surface area contributed by atoms with Gasteiger partial charge < -0.3 is 15.1 Å². The lowest BCUT2D eigenvalue weighted by Gasteiger charge is -2.34. The maximum Gasteiger partial charge on any atom is 0.266 e. The molecule has 1 aromatic carbocycles. The third kappa shape index (κ3) is 4.88. The van der Waals surface area contributed by atoms with E-state index in [-0.39, 0.29) is 17.3 Å². The first-order valence-electron chi connectivity index (χ1n) is 10.6. The van der Waals surface area contributed by atoms with Gasteiger partial charge in [-0.1, -0.05) is 25.1 Å². The summed E-state index contributed by atoms with van der Waals surface area (Å²) in [7, 11) is 0. The summed E-state index contributed by atoms with van der Waals surface area (Å²) in [6.45, 7) is 7.17. The first kappa shape index (κ1) is 22.5. The summed E-state index contributed by atoms with van der Waals surface area (Å²) in [6, 6.07) is 5.97. The molecule has 0 amide bonds. The number of pyridine rings is 1. The van der Waals surface area contributed by atoms with Gasteiger partial charge in [-0.2, -0.15) is 0 Å². The van der Waals surface area contributed by atoms with Crippen LogP contribution in [0, 0.1) is 5.82 Å². The van der Waals surface area contributed by atoms with Crippen LogP contribution >= 0.6 is 11.6 Å². The normalized spacial score (nSPS) is 15.0. The van der Waals surface area contributed by atoms with Gasteiger partial charge in [-0.3, -0.25) is 0 Å². The molecule has 0 bridgehead atoms. The number of alkyl halides is 2. The highest BCUT2D eigenvalue weighted by Gasteiger charge is 2.19. The summed E-state index contributed by atoms with van der Waals surface area (Å²) in [5.74, 6) is 0.465. The lowest BCUT2D eigenvalue weighted by molar-refractivity contribution is 0.146. The largest absolute Gasteiger partial charge is 0.369 e. The van der Waals surface area contributed by atoms with Crippen LogP contribution < -0.4 is 10.2 Å². The first-order chi connectivity index (χ1) is 15.5. The van der Waals surface area contributed by atoms with Crippen molar-refractivity contribution in [2.75, 3.05) is 49.5 Å². The summed E-state index contributed by atoms with van der Waals surface area (Å²) in [5.41, 5.74) is 0.224. The zero-order valence-electron chi connectivity index (χ0n) is 17.7. The highest BCUT2D eigenvalue weighted by Crippen LogP contribution is 2.27. The average molecular weight is 465 g/mol. The van der Waals surface area contributed by atoms with Gasteiger partial charge >= 0.3 is 0 Å².